The van der Waals surface area contributed by atoms with Crippen molar-refractivity contribution in [2.24, 2.45) is 0 Å². The van der Waals surface area contributed by atoms with Crippen molar-refractivity contribution in [1.29, 1.82) is 0 Å². The minimum atomic E-state index is -0.184. The normalized spacial score (nSPS) is 10.1. The van der Waals surface area contributed by atoms with Crippen molar-refractivity contribution >= 4 is 17.4 Å². The maximum atomic E-state index is 12.6. The largest absolute Gasteiger partial charge is 0.326 e. The molecule has 0 radical (unpaired) electrons. The lowest BCUT2D eigenvalue weighted by molar-refractivity contribution is -0.114. The van der Waals surface area contributed by atoms with Gasteiger partial charge in [-0.15, -0.1) is 0 Å². The second-order valence-electron chi connectivity index (χ2n) is 4.61. The van der Waals surface area contributed by atoms with Crippen molar-refractivity contribution in [2.45, 2.75) is 20.3 Å². The predicted octanol–water partition coefficient (Wildman–Crippen LogP) is 3.44. The van der Waals surface area contributed by atoms with Crippen LogP contribution in [0.3, 0.4) is 0 Å². The summed E-state index contributed by atoms with van der Waals surface area (Å²) in [5.41, 5.74) is 2.78. The Morgan fingerprint density at radius 1 is 1.05 bits per heavy atom. The quantitative estimate of drug-likeness (QED) is 0.862. The van der Waals surface area contributed by atoms with Gasteiger partial charge in [-0.05, 0) is 24.1 Å². The summed E-state index contributed by atoms with van der Waals surface area (Å²) in [7, 11) is 0. The van der Waals surface area contributed by atoms with Crippen LogP contribution in [-0.2, 0) is 11.2 Å². The zero-order chi connectivity index (χ0) is 14.5. The number of aryl methyl sites for hydroxylation is 1. The van der Waals surface area contributed by atoms with Crippen molar-refractivity contribution < 1.29 is 9.59 Å². The van der Waals surface area contributed by atoms with E-state index in [1.54, 1.807) is 18.2 Å². The molecular weight excluding hydrogens is 250 g/mol. The van der Waals surface area contributed by atoms with E-state index in [2.05, 4.69) is 5.32 Å². The van der Waals surface area contributed by atoms with Crippen molar-refractivity contribution in [2.75, 3.05) is 5.32 Å². The van der Waals surface area contributed by atoms with Crippen LogP contribution >= 0.6 is 0 Å². The molecule has 20 heavy (non-hydrogen) atoms. The summed E-state index contributed by atoms with van der Waals surface area (Å²) >= 11 is 0. The smallest absolute Gasteiger partial charge is 0.221 e. The molecule has 1 N–H and O–H groups in total. The van der Waals surface area contributed by atoms with E-state index in [1.165, 1.54) is 6.92 Å². The standard InChI is InChI=1S/C17H17NO2/c1-3-13-9-10-16(18-12(2)19)15(11-13)17(20)14-7-5-4-6-8-14/h4-11H,3H2,1-2H3,(H,18,19). The van der Waals surface area contributed by atoms with Gasteiger partial charge in [0.15, 0.2) is 5.78 Å². The van der Waals surface area contributed by atoms with E-state index < -0.39 is 0 Å². The van der Waals surface area contributed by atoms with Crippen molar-refractivity contribution in [3.05, 3.63) is 65.2 Å². The molecule has 0 saturated carbocycles. The highest BCUT2D eigenvalue weighted by atomic mass is 16.1. The van der Waals surface area contributed by atoms with Gasteiger partial charge in [-0.3, -0.25) is 9.59 Å². The molecule has 0 aliphatic rings. The van der Waals surface area contributed by atoms with E-state index in [0.717, 1.165) is 12.0 Å². The van der Waals surface area contributed by atoms with Gasteiger partial charge in [0, 0.05) is 18.1 Å². The minimum Gasteiger partial charge on any atom is -0.326 e. The molecule has 102 valence electrons. The predicted molar refractivity (Wildman–Crippen MR) is 80.0 cm³/mol. The fraction of sp³-hybridized carbons (Fsp3) is 0.176. The number of carbonyl (C=O) groups is 2. The first-order valence-electron chi connectivity index (χ1n) is 6.62. The third-order valence-corrected chi connectivity index (χ3v) is 3.08. The second-order valence-corrected chi connectivity index (χ2v) is 4.61. The van der Waals surface area contributed by atoms with Gasteiger partial charge < -0.3 is 5.32 Å². The molecule has 1 amide bonds. The van der Waals surface area contributed by atoms with Gasteiger partial charge in [-0.25, -0.2) is 0 Å². The minimum absolute atomic E-state index is 0.0790. The Bertz CT molecular complexity index is 633. The number of ketones is 1. The van der Waals surface area contributed by atoms with Crippen molar-refractivity contribution in [3.8, 4) is 0 Å². The summed E-state index contributed by atoms with van der Waals surface area (Å²) < 4.78 is 0. The zero-order valence-electron chi connectivity index (χ0n) is 11.6. The lowest BCUT2D eigenvalue weighted by Crippen LogP contribution is -2.12. The first-order valence-corrected chi connectivity index (χ1v) is 6.62. The monoisotopic (exact) mass is 267 g/mol. The van der Waals surface area contributed by atoms with Gasteiger partial charge in [0.05, 0.1) is 5.69 Å². The maximum absolute atomic E-state index is 12.6. The van der Waals surface area contributed by atoms with E-state index in [0.29, 0.717) is 16.8 Å². The highest BCUT2D eigenvalue weighted by molar-refractivity contribution is 6.13. The molecule has 3 nitrogen and oxygen atoms in total. The van der Waals surface area contributed by atoms with Crippen molar-refractivity contribution in [1.82, 2.24) is 0 Å². The summed E-state index contributed by atoms with van der Waals surface area (Å²) in [6, 6.07) is 14.6. The zero-order valence-corrected chi connectivity index (χ0v) is 11.6. The molecule has 0 aromatic heterocycles. The van der Waals surface area contributed by atoms with Crippen LogP contribution < -0.4 is 5.32 Å². The summed E-state index contributed by atoms with van der Waals surface area (Å²) in [5, 5.41) is 2.72. The number of rotatable bonds is 4. The number of amides is 1. The molecule has 3 heteroatoms. The molecule has 0 unspecified atom stereocenters. The summed E-state index contributed by atoms with van der Waals surface area (Å²) in [6.07, 6.45) is 0.843. The Balaban J connectivity index is 2.47. The number of anilines is 1. The molecule has 0 spiro atoms. The van der Waals surface area contributed by atoms with Crippen LogP contribution in [0.5, 0.6) is 0 Å². The molecule has 0 bridgehead atoms. The van der Waals surface area contributed by atoms with Crippen molar-refractivity contribution in [3.63, 3.8) is 0 Å². The van der Waals surface area contributed by atoms with E-state index in [9.17, 15) is 9.59 Å². The van der Waals surface area contributed by atoms with Crippen LogP contribution in [0.25, 0.3) is 0 Å². The second kappa shape index (κ2) is 6.15. The lowest BCUT2D eigenvalue weighted by atomic mass is 9.98. The Hall–Kier alpha value is -2.42. The molecule has 0 heterocycles. The number of hydrogen-bond acceptors (Lipinski definition) is 2. The Morgan fingerprint density at radius 2 is 1.75 bits per heavy atom. The van der Waals surface area contributed by atoms with Crippen LogP contribution in [0, 0.1) is 0 Å². The molecule has 2 rings (SSSR count). The number of nitrogens with one attached hydrogen (secondary N) is 1. The van der Waals surface area contributed by atoms with Gasteiger partial charge in [-0.2, -0.15) is 0 Å². The lowest BCUT2D eigenvalue weighted by Gasteiger charge is -2.11. The summed E-state index contributed by atoms with van der Waals surface area (Å²) in [5.74, 6) is -0.263. The average Bonchev–Trinajstić information content (AvgIpc) is 2.47. The van der Waals surface area contributed by atoms with Crippen LogP contribution in [0.1, 0.15) is 35.3 Å². The van der Waals surface area contributed by atoms with Gasteiger partial charge in [0.25, 0.3) is 0 Å². The van der Waals surface area contributed by atoms with Gasteiger partial charge >= 0.3 is 0 Å². The molecule has 2 aromatic rings. The third-order valence-electron chi connectivity index (χ3n) is 3.08. The maximum Gasteiger partial charge on any atom is 0.221 e. The van der Waals surface area contributed by atoms with Crippen LogP contribution in [-0.4, -0.2) is 11.7 Å². The molecule has 0 atom stereocenters. The van der Waals surface area contributed by atoms with Gasteiger partial charge in [0.2, 0.25) is 5.91 Å². The van der Waals surface area contributed by atoms with Crippen LogP contribution in [0.4, 0.5) is 5.69 Å². The molecule has 0 fully saturated rings. The number of carbonyl (C=O) groups excluding carboxylic acids is 2. The fourth-order valence-corrected chi connectivity index (χ4v) is 2.04. The van der Waals surface area contributed by atoms with Crippen LogP contribution in [0.2, 0.25) is 0 Å². The highest BCUT2D eigenvalue weighted by Crippen LogP contribution is 2.21. The molecule has 0 aliphatic heterocycles. The third kappa shape index (κ3) is 3.12. The van der Waals surface area contributed by atoms with E-state index in [-0.39, 0.29) is 11.7 Å². The fourth-order valence-electron chi connectivity index (χ4n) is 2.04. The Kier molecular flexibility index (Phi) is 4.31. The highest BCUT2D eigenvalue weighted by Gasteiger charge is 2.14. The van der Waals surface area contributed by atoms with Gasteiger partial charge in [-0.1, -0.05) is 43.3 Å². The van der Waals surface area contributed by atoms with E-state index in [4.69, 9.17) is 0 Å². The molecule has 0 aliphatic carbocycles. The SMILES string of the molecule is CCc1ccc(NC(C)=O)c(C(=O)c2ccccc2)c1. The number of hydrogen-bond donors (Lipinski definition) is 1. The first kappa shape index (κ1) is 14.0. The van der Waals surface area contributed by atoms with Gasteiger partial charge in [0.1, 0.15) is 0 Å². The molecule has 2 aromatic carbocycles. The molecular formula is C17H17NO2. The Morgan fingerprint density at radius 3 is 2.35 bits per heavy atom. The number of benzene rings is 2. The average molecular weight is 267 g/mol. The topological polar surface area (TPSA) is 46.2 Å². The molecule has 0 saturated heterocycles. The summed E-state index contributed by atoms with van der Waals surface area (Å²) in [6.45, 7) is 3.47. The van der Waals surface area contributed by atoms with Crippen LogP contribution in [0.15, 0.2) is 48.5 Å². The van der Waals surface area contributed by atoms with E-state index in [1.807, 2.05) is 37.3 Å². The first-order chi connectivity index (χ1) is 9.61. The van der Waals surface area contributed by atoms with E-state index >= 15 is 0 Å². The Labute approximate surface area is 118 Å². The summed E-state index contributed by atoms with van der Waals surface area (Å²) in [4.78, 5) is 23.8.